The minimum absolute atomic E-state index is 0.390. The number of imidazole rings is 2. The molecule has 8 nitrogen and oxygen atoms in total. The summed E-state index contributed by atoms with van der Waals surface area (Å²) in [5.74, 6) is 1.94. The Labute approximate surface area is 760 Å². The Hall–Kier alpha value is -15.5. The van der Waals surface area contributed by atoms with E-state index in [4.69, 9.17) is 19.9 Å². The number of rotatable bonds is 20. The Morgan fingerprint density at radius 1 is 0.162 bits per heavy atom. The third kappa shape index (κ3) is 12.3. The van der Waals surface area contributed by atoms with Gasteiger partial charge in [-0.2, -0.15) is 15.0 Å². The summed E-state index contributed by atoms with van der Waals surface area (Å²) in [6.07, 6.45) is 0. The van der Waals surface area contributed by atoms with E-state index in [1.807, 2.05) is 0 Å². The summed E-state index contributed by atoms with van der Waals surface area (Å²) in [7, 11) is -8.99. The van der Waals surface area contributed by atoms with Gasteiger partial charge in [-0.1, -0.05) is 267 Å². The van der Waals surface area contributed by atoms with E-state index in [0.29, 0.717) is 23.5 Å². The molecule has 5 heterocycles. The fourth-order valence-electron chi connectivity index (χ4n) is 20.0. The van der Waals surface area contributed by atoms with Crippen LogP contribution in [-0.4, -0.2) is 38.0 Å². The number of nitrogens with zero attached hydrogens (tertiary/aromatic N) is 8. The van der Waals surface area contributed by atoms with Crippen LogP contribution in [0.3, 0.4) is 0 Å². The maximum absolute atomic E-state index is 6.15. The second-order valence-electron chi connectivity index (χ2n) is 32.5. The Bertz CT molecular complexity index is 7700. The summed E-state index contributed by atoms with van der Waals surface area (Å²) in [5.41, 5.74) is 9.36. The van der Waals surface area contributed by atoms with Crippen LogP contribution in [0.5, 0.6) is 0 Å². The molecule has 0 N–H and O–H groups in total. The van der Waals surface area contributed by atoms with Crippen molar-refractivity contribution in [1.29, 1.82) is 0 Å². The first kappa shape index (κ1) is 78.0. The van der Waals surface area contributed by atoms with Crippen LogP contribution >= 0.6 is 40.1 Å². The number of aromatic nitrogens is 8. The first-order valence-electron chi connectivity index (χ1n) is 43.8. The summed E-state index contributed by atoms with van der Waals surface area (Å²) >= 11 is 0. The molecule has 0 saturated carbocycles. The molecule has 24 rings (SSSR count). The summed E-state index contributed by atoms with van der Waals surface area (Å²) in [5, 5.41) is 4.44. The molecular weight excluding hydrogens is 1660 g/mol. The summed E-state index contributed by atoms with van der Waals surface area (Å²) in [6.45, 7) is 0. The third-order valence-corrected chi connectivity index (χ3v) is 41.1. The van der Waals surface area contributed by atoms with Crippen LogP contribution in [-0.2, 0) is 0 Å². The summed E-state index contributed by atoms with van der Waals surface area (Å²) in [6, 6.07) is 189. The highest BCUT2D eigenvalue weighted by atomic mass is 32.3. The van der Waals surface area contributed by atoms with Crippen molar-refractivity contribution in [3.63, 3.8) is 0 Å². The largest absolute Gasteiger partial charge is 0.309 e. The van der Waals surface area contributed by atoms with Gasteiger partial charge in [0.05, 0.1) is 44.1 Å². The van der Waals surface area contributed by atoms with E-state index in [0.717, 1.165) is 75.9 Å². The minimum atomic E-state index is -2.28. The molecule has 0 atom stereocenters. The zero-order valence-electron chi connectivity index (χ0n) is 70.7. The molecule has 620 valence electrons. The van der Waals surface area contributed by atoms with E-state index in [-0.39, 0.29) is 0 Å². The van der Waals surface area contributed by atoms with Crippen LogP contribution in [0.4, 0.5) is 0 Å². The van der Waals surface area contributed by atoms with Crippen molar-refractivity contribution < 1.29 is 0 Å². The molecule has 24 aromatic rings. The number of benzene rings is 19. The number of para-hydroxylation sites is 2. The fraction of sp³-hybridized carbons (Fsp3) is 0. The summed E-state index contributed by atoms with van der Waals surface area (Å²) < 4.78 is 9.33. The Balaban J connectivity index is 0.840. The normalized spacial score (nSPS) is 12.6. The van der Waals surface area contributed by atoms with E-state index in [1.165, 1.54) is 79.3 Å². The van der Waals surface area contributed by atoms with Crippen molar-refractivity contribution in [2.45, 2.75) is 78.3 Å². The van der Waals surface area contributed by atoms with Gasteiger partial charge in [0.25, 0.3) is 0 Å². The van der Waals surface area contributed by atoms with Gasteiger partial charge in [0.2, 0.25) is 17.7 Å². The zero-order chi connectivity index (χ0) is 86.2. The Morgan fingerprint density at radius 2 is 0.438 bits per heavy atom. The molecule has 0 aliphatic carbocycles. The lowest BCUT2D eigenvalue weighted by Crippen LogP contribution is -2.11. The van der Waals surface area contributed by atoms with Gasteiger partial charge >= 0.3 is 0 Å². The topological polar surface area (TPSA) is 70.8 Å². The second-order valence-corrected chi connectivity index (χ2v) is 44.9. The minimum Gasteiger partial charge on any atom is -0.309 e. The molecule has 0 unspecified atom stereocenters. The molecule has 0 bridgehead atoms. The maximum atomic E-state index is 6.15. The molecular formula is C118H84N8S4. The standard InChI is InChI=1S/C118H84N8S4/c1-13-44-87(45-14-1)127(88-46-15-2-16-47-88,89-48-17-3-18-49-89)99-73-77-110-105(81-99)106-82-100(128(90-50-19-4-20-51-90,91-52-21-5-22-53-91)92-54-23-6-24-55-92)74-78-111(106)124(110)116-120-115(85-42-41-43-86(80-85)123-108-70-39-37-68-103(108)104-69-38-40-71-109(104)123)121-117(122-116)126-112-79-75-102(130(96-62-31-10-32-63-96,97-64-33-11-34-65-97)98-66-35-12-36-67-98)84-114(112)125-113-83-101(72-76-107(113)119-118(125)126)129(93-56-25-7-26-57-93,94-58-27-8-28-59-94)95-60-29-9-30-61-95/h1-84H. The van der Waals surface area contributed by atoms with Crippen LogP contribution in [0.25, 0.3) is 100 Å². The van der Waals surface area contributed by atoms with Crippen molar-refractivity contribution in [3.8, 4) is 29.0 Å². The predicted molar refractivity (Wildman–Crippen MR) is 537 cm³/mol. The molecule has 0 spiro atoms. The van der Waals surface area contributed by atoms with Crippen LogP contribution in [0, 0.1) is 0 Å². The van der Waals surface area contributed by atoms with E-state index < -0.39 is 40.1 Å². The lowest BCUT2D eigenvalue weighted by molar-refractivity contribution is 0.884. The molecule has 19 aromatic carbocycles. The number of hydrogen-bond acceptors (Lipinski definition) is 4. The van der Waals surface area contributed by atoms with Gasteiger partial charge in [0, 0.05) is 111 Å². The number of hydrogen-bond donors (Lipinski definition) is 0. The van der Waals surface area contributed by atoms with E-state index in [1.54, 1.807) is 0 Å². The molecule has 0 fully saturated rings. The van der Waals surface area contributed by atoms with Gasteiger partial charge in [-0.25, -0.2) is 9.55 Å². The Kier molecular flexibility index (Phi) is 19.4. The Morgan fingerprint density at radius 3 is 0.777 bits per heavy atom. The van der Waals surface area contributed by atoms with Gasteiger partial charge in [-0.3, -0.25) is 8.97 Å². The van der Waals surface area contributed by atoms with Crippen LogP contribution in [0.15, 0.2) is 588 Å². The monoisotopic (exact) mass is 1740 g/mol. The first-order valence-corrected chi connectivity index (χ1v) is 50.4. The van der Waals surface area contributed by atoms with Crippen molar-refractivity contribution in [3.05, 3.63) is 510 Å². The van der Waals surface area contributed by atoms with Gasteiger partial charge < -0.3 is 4.57 Å². The SMILES string of the molecule is c1ccc(S(c2ccccc2)(c2ccccc2)c2ccc3c(c2)c2cc(S(c4ccccc4)(c4ccccc4)c4ccccc4)ccc2n3-c2nc(-c3cccc(-n4c5ccccc5c5ccccc54)c3)nc(-n3c4ccc(S(c5ccccc5)(c5ccccc5)c5ccccc5)cc4n4c5cc(S(c6ccccc6)(c6ccccc6)c6ccccc6)ccc5nc34)n2)cc1. The lowest BCUT2D eigenvalue weighted by atomic mass is 10.1. The zero-order valence-corrected chi connectivity index (χ0v) is 74.0. The summed E-state index contributed by atoms with van der Waals surface area (Å²) in [4.78, 5) is 43.5. The first-order chi connectivity index (χ1) is 64.5. The van der Waals surface area contributed by atoms with Crippen molar-refractivity contribution in [2.75, 3.05) is 0 Å². The van der Waals surface area contributed by atoms with Crippen LogP contribution in [0.2, 0.25) is 0 Å². The number of fused-ring (bicyclic) bond motifs is 11. The highest BCUT2D eigenvalue weighted by Crippen LogP contribution is 2.78. The molecule has 0 radical (unpaired) electrons. The van der Waals surface area contributed by atoms with Crippen LogP contribution in [0.1, 0.15) is 0 Å². The predicted octanol–water partition coefficient (Wildman–Crippen LogP) is 31.8. The highest BCUT2D eigenvalue weighted by molar-refractivity contribution is 8.35. The molecule has 0 saturated heterocycles. The van der Waals surface area contributed by atoms with E-state index in [2.05, 4.69) is 528 Å². The van der Waals surface area contributed by atoms with Crippen LogP contribution < -0.4 is 0 Å². The molecule has 12 heteroatoms. The quantitative estimate of drug-likeness (QED) is 0.0762. The lowest BCUT2D eigenvalue weighted by Gasteiger charge is -2.42. The van der Waals surface area contributed by atoms with Gasteiger partial charge in [-0.05, 0) is 243 Å². The van der Waals surface area contributed by atoms with Gasteiger partial charge in [0.15, 0.2) is 5.82 Å². The molecule has 5 aromatic heterocycles. The van der Waals surface area contributed by atoms with Crippen molar-refractivity contribution in [2.24, 2.45) is 0 Å². The smallest absolute Gasteiger partial charge is 0.242 e. The average Bonchev–Trinajstić information content (AvgIpc) is 1.41. The van der Waals surface area contributed by atoms with Gasteiger partial charge in [0.1, 0.15) is 0 Å². The molecule has 0 aliphatic heterocycles. The second kappa shape index (κ2) is 32.4. The molecule has 0 aliphatic rings. The van der Waals surface area contributed by atoms with E-state index >= 15 is 0 Å². The highest BCUT2D eigenvalue weighted by Gasteiger charge is 2.40. The van der Waals surface area contributed by atoms with Gasteiger partial charge in [-0.15, -0.1) is 40.1 Å². The van der Waals surface area contributed by atoms with E-state index in [9.17, 15) is 0 Å². The average molecular weight is 1740 g/mol. The third-order valence-electron chi connectivity index (χ3n) is 25.5. The van der Waals surface area contributed by atoms with Crippen molar-refractivity contribution >= 4 is 112 Å². The maximum Gasteiger partial charge on any atom is 0.242 e. The fourth-order valence-corrected chi connectivity index (χ4v) is 35.6. The van der Waals surface area contributed by atoms with Crippen molar-refractivity contribution in [1.82, 2.24) is 38.0 Å². The molecule has 130 heavy (non-hydrogen) atoms. The molecule has 0 amide bonds.